The summed E-state index contributed by atoms with van der Waals surface area (Å²) in [6.07, 6.45) is 0. The minimum atomic E-state index is -0.123. The summed E-state index contributed by atoms with van der Waals surface area (Å²) in [5, 5.41) is 9.85. The van der Waals surface area contributed by atoms with Crippen molar-refractivity contribution >= 4 is 11.6 Å². The molecule has 0 unspecified atom stereocenters. The van der Waals surface area contributed by atoms with Crippen molar-refractivity contribution < 1.29 is 9.84 Å². The Balaban J connectivity index is 2.16. The standard InChI is InChI=1S/C16H17ClO2/c1-11-6-12(2)8-13(7-11)10-19-16-5-3-4-15(17)14(16)9-18/h3-8,18H,9-10H2,1-2H3. The van der Waals surface area contributed by atoms with E-state index in [-0.39, 0.29) is 6.61 Å². The molecule has 1 N–H and O–H groups in total. The summed E-state index contributed by atoms with van der Waals surface area (Å²) in [7, 11) is 0. The fourth-order valence-corrected chi connectivity index (χ4v) is 2.37. The van der Waals surface area contributed by atoms with Crippen LogP contribution in [0.2, 0.25) is 5.02 Å². The fraction of sp³-hybridized carbons (Fsp3) is 0.250. The fourth-order valence-electron chi connectivity index (χ4n) is 2.14. The highest BCUT2D eigenvalue weighted by atomic mass is 35.5. The lowest BCUT2D eigenvalue weighted by Crippen LogP contribution is -2.00. The van der Waals surface area contributed by atoms with E-state index in [0.29, 0.717) is 22.9 Å². The minimum absolute atomic E-state index is 0.123. The van der Waals surface area contributed by atoms with Gasteiger partial charge in [-0.15, -0.1) is 0 Å². The lowest BCUT2D eigenvalue weighted by atomic mass is 10.1. The lowest BCUT2D eigenvalue weighted by Gasteiger charge is -2.12. The minimum Gasteiger partial charge on any atom is -0.488 e. The van der Waals surface area contributed by atoms with Gasteiger partial charge < -0.3 is 9.84 Å². The van der Waals surface area contributed by atoms with E-state index in [4.69, 9.17) is 16.3 Å². The molecular formula is C16H17ClO2. The molecule has 0 radical (unpaired) electrons. The second kappa shape index (κ2) is 6.09. The lowest BCUT2D eigenvalue weighted by molar-refractivity contribution is 0.259. The smallest absolute Gasteiger partial charge is 0.126 e. The van der Waals surface area contributed by atoms with E-state index in [0.717, 1.165) is 5.56 Å². The molecule has 2 aromatic rings. The number of rotatable bonds is 4. The van der Waals surface area contributed by atoms with Crippen LogP contribution in [0.15, 0.2) is 36.4 Å². The van der Waals surface area contributed by atoms with Gasteiger partial charge in [0.05, 0.1) is 6.61 Å². The van der Waals surface area contributed by atoms with Crippen molar-refractivity contribution in [2.45, 2.75) is 27.1 Å². The van der Waals surface area contributed by atoms with Crippen LogP contribution >= 0.6 is 11.6 Å². The molecule has 0 saturated heterocycles. The van der Waals surface area contributed by atoms with Crippen molar-refractivity contribution in [2.24, 2.45) is 0 Å². The topological polar surface area (TPSA) is 29.5 Å². The van der Waals surface area contributed by atoms with Crippen molar-refractivity contribution in [3.63, 3.8) is 0 Å². The van der Waals surface area contributed by atoms with Gasteiger partial charge in [-0.1, -0.05) is 47.0 Å². The summed E-state index contributed by atoms with van der Waals surface area (Å²) in [6.45, 7) is 4.47. The van der Waals surface area contributed by atoms with Gasteiger partial charge in [0.1, 0.15) is 12.4 Å². The number of hydrogen-bond donors (Lipinski definition) is 1. The molecule has 0 aliphatic heterocycles. The number of benzene rings is 2. The SMILES string of the molecule is Cc1cc(C)cc(COc2cccc(Cl)c2CO)c1. The molecule has 0 spiro atoms. The first-order chi connectivity index (χ1) is 9.10. The second-order valence-electron chi connectivity index (χ2n) is 4.66. The van der Waals surface area contributed by atoms with Crippen molar-refractivity contribution in [2.75, 3.05) is 0 Å². The molecule has 0 fully saturated rings. The third kappa shape index (κ3) is 3.49. The van der Waals surface area contributed by atoms with Crippen molar-refractivity contribution in [1.82, 2.24) is 0 Å². The summed E-state index contributed by atoms with van der Waals surface area (Å²) >= 11 is 6.02. The van der Waals surface area contributed by atoms with Crippen LogP contribution in [0.3, 0.4) is 0 Å². The van der Waals surface area contributed by atoms with Crippen molar-refractivity contribution in [3.05, 3.63) is 63.7 Å². The van der Waals surface area contributed by atoms with E-state index in [9.17, 15) is 5.11 Å². The van der Waals surface area contributed by atoms with Crippen LogP contribution in [0.5, 0.6) is 5.75 Å². The van der Waals surface area contributed by atoms with E-state index in [2.05, 4.69) is 32.0 Å². The Kier molecular flexibility index (Phi) is 4.46. The zero-order chi connectivity index (χ0) is 13.8. The van der Waals surface area contributed by atoms with E-state index in [1.54, 1.807) is 6.07 Å². The molecule has 2 rings (SSSR count). The van der Waals surface area contributed by atoms with Gasteiger partial charge in [0.2, 0.25) is 0 Å². The summed E-state index contributed by atoms with van der Waals surface area (Å²) < 4.78 is 5.76. The predicted molar refractivity (Wildman–Crippen MR) is 77.6 cm³/mol. The quantitative estimate of drug-likeness (QED) is 0.914. The summed E-state index contributed by atoms with van der Waals surface area (Å²) in [5.74, 6) is 0.633. The monoisotopic (exact) mass is 276 g/mol. The Bertz CT molecular complexity index is 559. The highest BCUT2D eigenvalue weighted by molar-refractivity contribution is 6.31. The molecule has 100 valence electrons. The molecule has 2 aromatic carbocycles. The summed E-state index contributed by atoms with van der Waals surface area (Å²) in [4.78, 5) is 0. The third-order valence-corrected chi connectivity index (χ3v) is 3.26. The molecule has 0 atom stereocenters. The maximum atomic E-state index is 9.32. The Morgan fingerprint density at radius 3 is 2.42 bits per heavy atom. The molecule has 0 bridgehead atoms. The molecule has 19 heavy (non-hydrogen) atoms. The normalized spacial score (nSPS) is 10.5. The first-order valence-corrected chi connectivity index (χ1v) is 6.56. The van der Waals surface area contributed by atoms with Gasteiger partial charge >= 0.3 is 0 Å². The Morgan fingerprint density at radius 1 is 1.11 bits per heavy atom. The molecule has 2 nitrogen and oxygen atoms in total. The van der Waals surface area contributed by atoms with Gasteiger partial charge in [0.25, 0.3) is 0 Å². The van der Waals surface area contributed by atoms with Crippen LogP contribution in [-0.2, 0) is 13.2 Å². The Labute approximate surface area is 118 Å². The van der Waals surface area contributed by atoms with Gasteiger partial charge in [-0.2, -0.15) is 0 Å². The maximum absolute atomic E-state index is 9.32. The largest absolute Gasteiger partial charge is 0.488 e. The van der Waals surface area contributed by atoms with Crippen LogP contribution in [0.1, 0.15) is 22.3 Å². The van der Waals surface area contributed by atoms with Gasteiger partial charge in [-0.25, -0.2) is 0 Å². The number of aryl methyl sites for hydroxylation is 2. The number of halogens is 1. The van der Waals surface area contributed by atoms with Crippen molar-refractivity contribution in [3.8, 4) is 5.75 Å². The molecule has 0 aromatic heterocycles. The zero-order valence-corrected chi connectivity index (χ0v) is 11.9. The Morgan fingerprint density at radius 2 is 1.79 bits per heavy atom. The second-order valence-corrected chi connectivity index (χ2v) is 5.07. The molecule has 0 heterocycles. The van der Waals surface area contributed by atoms with Crippen molar-refractivity contribution in [1.29, 1.82) is 0 Å². The summed E-state index contributed by atoms with van der Waals surface area (Å²) in [6, 6.07) is 11.7. The summed E-state index contributed by atoms with van der Waals surface area (Å²) in [5.41, 5.74) is 4.18. The maximum Gasteiger partial charge on any atom is 0.126 e. The van der Waals surface area contributed by atoms with Crippen LogP contribution in [0, 0.1) is 13.8 Å². The van der Waals surface area contributed by atoms with E-state index in [1.807, 2.05) is 12.1 Å². The van der Waals surface area contributed by atoms with Gasteiger partial charge in [-0.05, 0) is 31.5 Å². The first-order valence-electron chi connectivity index (χ1n) is 6.18. The Hall–Kier alpha value is -1.51. The average Bonchev–Trinajstić information content (AvgIpc) is 2.35. The highest BCUT2D eigenvalue weighted by Gasteiger charge is 2.07. The van der Waals surface area contributed by atoms with Crippen LogP contribution in [-0.4, -0.2) is 5.11 Å². The first kappa shape index (κ1) is 13.9. The molecule has 0 amide bonds. The van der Waals surface area contributed by atoms with E-state index >= 15 is 0 Å². The van der Waals surface area contributed by atoms with Crippen LogP contribution in [0.25, 0.3) is 0 Å². The van der Waals surface area contributed by atoms with Gasteiger partial charge in [0.15, 0.2) is 0 Å². The van der Waals surface area contributed by atoms with Crippen LogP contribution < -0.4 is 4.74 Å². The van der Waals surface area contributed by atoms with Gasteiger partial charge in [-0.3, -0.25) is 0 Å². The molecule has 0 aliphatic carbocycles. The molecule has 3 heteroatoms. The number of aliphatic hydroxyl groups excluding tert-OH is 1. The number of aliphatic hydroxyl groups is 1. The van der Waals surface area contributed by atoms with Crippen LogP contribution in [0.4, 0.5) is 0 Å². The van der Waals surface area contributed by atoms with Gasteiger partial charge in [0, 0.05) is 10.6 Å². The van der Waals surface area contributed by atoms with E-state index in [1.165, 1.54) is 11.1 Å². The third-order valence-electron chi connectivity index (χ3n) is 2.91. The van der Waals surface area contributed by atoms with E-state index < -0.39 is 0 Å². The molecule has 0 aliphatic rings. The zero-order valence-electron chi connectivity index (χ0n) is 11.1. The highest BCUT2D eigenvalue weighted by Crippen LogP contribution is 2.27. The average molecular weight is 277 g/mol. The molecule has 0 saturated carbocycles. The number of ether oxygens (including phenoxy) is 1. The number of hydrogen-bond acceptors (Lipinski definition) is 2. The molecular weight excluding hydrogens is 260 g/mol. The predicted octanol–water partition coefficient (Wildman–Crippen LogP) is 4.03.